The highest BCUT2D eigenvalue weighted by Crippen LogP contribution is 2.18. The number of carbonyl (C=O) groups excluding carboxylic acids is 1. The molecule has 2 unspecified atom stereocenters. The van der Waals surface area contributed by atoms with Crippen LogP contribution in [0.3, 0.4) is 0 Å². The third-order valence-electron chi connectivity index (χ3n) is 4.20. The second-order valence-corrected chi connectivity index (χ2v) is 7.15. The molecule has 2 fully saturated rings. The third-order valence-corrected chi connectivity index (χ3v) is 4.20. The molecule has 6 heteroatoms. The summed E-state index contributed by atoms with van der Waals surface area (Å²) in [5.41, 5.74) is -0.431. The van der Waals surface area contributed by atoms with Crippen LogP contribution in [0.15, 0.2) is 0 Å². The van der Waals surface area contributed by atoms with Crippen molar-refractivity contribution in [3.63, 3.8) is 0 Å². The Morgan fingerprint density at radius 3 is 2.50 bits per heavy atom. The van der Waals surface area contributed by atoms with Gasteiger partial charge in [0.05, 0.1) is 12.7 Å². The number of likely N-dealkylation sites (tertiary alicyclic amines) is 1. The molecule has 2 aliphatic heterocycles. The van der Waals surface area contributed by atoms with Gasteiger partial charge in [-0.05, 0) is 40.0 Å². The van der Waals surface area contributed by atoms with Crippen molar-refractivity contribution in [2.24, 2.45) is 0 Å². The van der Waals surface area contributed by atoms with Crippen molar-refractivity contribution in [2.75, 3.05) is 33.4 Å². The third kappa shape index (κ3) is 5.11. The van der Waals surface area contributed by atoms with Gasteiger partial charge in [-0.15, -0.1) is 0 Å². The van der Waals surface area contributed by atoms with Crippen LogP contribution in [-0.2, 0) is 14.2 Å². The van der Waals surface area contributed by atoms with Crippen LogP contribution in [0.1, 0.15) is 40.0 Å². The van der Waals surface area contributed by atoms with Crippen molar-refractivity contribution in [1.82, 2.24) is 10.2 Å². The number of carbonyl (C=O) groups is 1. The van der Waals surface area contributed by atoms with Crippen molar-refractivity contribution < 1.29 is 19.0 Å². The van der Waals surface area contributed by atoms with Crippen LogP contribution in [0.25, 0.3) is 0 Å². The van der Waals surface area contributed by atoms with E-state index in [1.165, 1.54) is 0 Å². The van der Waals surface area contributed by atoms with Gasteiger partial charge in [0.15, 0.2) is 0 Å². The first kappa shape index (κ1) is 17.5. The lowest BCUT2D eigenvalue weighted by molar-refractivity contribution is -0.0537. The molecule has 0 bridgehead atoms. The molecule has 2 saturated heterocycles. The maximum absolute atomic E-state index is 12.1. The molecule has 0 spiro atoms. The van der Waals surface area contributed by atoms with Gasteiger partial charge in [-0.1, -0.05) is 0 Å². The van der Waals surface area contributed by atoms with Gasteiger partial charge in [-0.3, -0.25) is 0 Å². The van der Waals surface area contributed by atoms with E-state index >= 15 is 0 Å². The second-order valence-electron chi connectivity index (χ2n) is 7.15. The fourth-order valence-electron chi connectivity index (χ4n) is 2.99. The number of piperidine rings is 1. The zero-order valence-electron chi connectivity index (χ0n) is 14.3. The van der Waals surface area contributed by atoms with Crippen molar-refractivity contribution in [1.29, 1.82) is 0 Å². The SMILES string of the molecule is COC1COCCC1NC1CCN(C(=O)OC(C)(C)C)CC1. The number of ether oxygens (including phenoxy) is 3. The fraction of sp³-hybridized carbons (Fsp3) is 0.938. The van der Waals surface area contributed by atoms with Crippen LogP contribution < -0.4 is 5.32 Å². The number of hydrogen-bond donors (Lipinski definition) is 1. The Hall–Kier alpha value is -0.850. The quantitative estimate of drug-likeness (QED) is 0.860. The highest BCUT2D eigenvalue weighted by Gasteiger charge is 2.31. The van der Waals surface area contributed by atoms with Gasteiger partial charge in [0.25, 0.3) is 0 Å². The van der Waals surface area contributed by atoms with E-state index in [0.29, 0.717) is 18.7 Å². The van der Waals surface area contributed by atoms with Gasteiger partial charge in [-0.25, -0.2) is 4.79 Å². The van der Waals surface area contributed by atoms with Gasteiger partial charge in [0.2, 0.25) is 0 Å². The largest absolute Gasteiger partial charge is 0.444 e. The van der Waals surface area contributed by atoms with Crippen molar-refractivity contribution >= 4 is 6.09 Å². The van der Waals surface area contributed by atoms with E-state index in [1.807, 2.05) is 20.8 Å². The molecule has 0 aromatic heterocycles. The van der Waals surface area contributed by atoms with E-state index in [2.05, 4.69) is 5.32 Å². The highest BCUT2D eigenvalue weighted by atomic mass is 16.6. The summed E-state index contributed by atoms with van der Waals surface area (Å²) in [7, 11) is 1.74. The van der Waals surface area contributed by atoms with Crippen LogP contribution in [0, 0.1) is 0 Å². The minimum Gasteiger partial charge on any atom is -0.444 e. The Morgan fingerprint density at radius 2 is 1.91 bits per heavy atom. The molecule has 2 aliphatic rings. The van der Waals surface area contributed by atoms with Gasteiger partial charge >= 0.3 is 6.09 Å². The van der Waals surface area contributed by atoms with Crippen molar-refractivity contribution in [2.45, 2.75) is 63.8 Å². The predicted molar refractivity (Wildman–Crippen MR) is 84.0 cm³/mol. The highest BCUT2D eigenvalue weighted by molar-refractivity contribution is 5.68. The van der Waals surface area contributed by atoms with Crippen LogP contribution in [-0.4, -0.2) is 68.2 Å². The molecule has 2 heterocycles. The minimum atomic E-state index is -0.431. The van der Waals surface area contributed by atoms with E-state index in [9.17, 15) is 4.79 Å². The van der Waals surface area contributed by atoms with E-state index in [1.54, 1.807) is 12.0 Å². The van der Waals surface area contributed by atoms with E-state index in [4.69, 9.17) is 14.2 Å². The smallest absolute Gasteiger partial charge is 0.410 e. The lowest BCUT2D eigenvalue weighted by Crippen LogP contribution is -2.54. The number of rotatable bonds is 3. The Kier molecular flexibility index (Phi) is 6.06. The molecule has 0 saturated carbocycles. The van der Waals surface area contributed by atoms with E-state index in [0.717, 1.165) is 39.0 Å². The summed E-state index contributed by atoms with van der Waals surface area (Å²) < 4.78 is 16.4. The minimum absolute atomic E-state index is 0.123. The summed E-state index contributed by atoms with van der Waals surface area (Å²) in [6.07, 6.45) is 2.80. The predicted octanol–water partition coefficient (Wildman–Crippen LogP) is 1.78. The molecule has 2 rings (SSSR count). The summed E-state index contributed by atoms with van der Waals surface area (Å²) >= 11 is 0. The molecule has 0 aromatic carbocycles. The second kappa shape index (κ2) is 7.62. The molecule has 1 amide bonds. The van der Waals surface area contributed by atoms with Gasteiger partial charge in [-0.2, -0.15) is 0 Å². The molecule has 128 valence electrons. The van der Waals surface area contributed by atoms with Crippen LogP contribution >= 0.6 is 0 Å². The molecule has 2 atom stereocenters. The Labute approximate surface area is 133 Å². The maximum atomic E-state index is 12.1. The molecule has 22 heavy (non-hydrogen) atoms. The summed E-state index contributed by atoms with van der Waals surface area (Å²) in [6, 6.07) is 0.774. The molecule has 1 N–H and O–H groups in total. The fourth-order valence-corrected chi connectivity index (χ4v) is 2.99. The molecular weight excluding hydrogens is 284 g/mol. The zero-order chi connectivity index (χ0) is 16.2. The summed E-state index contributed by atoms with van der Waals surface area (Å²) in [4.78, 5) is 13.9. The number of methoxy groups -OCH3 is 1. The molecule has 0 aliphatic carbocycles. The van der Waals surface area contributed by atoms with Gasteiger partial charge in [0, 0.05) is 38.9 Å². The number of amides is 1. The van der Waals surface area contributed by atoms with E-state index < -0.39 is 5.60 Å². The number of nitrogens with one attached hydrogen (secondary N) is 1. The van der Waals surface area contributed by atoms with E-state index in [-0.39, 0.29) is 12.2 Å². The standard InChI is InChI=1S/C16H30N2O4/c1-16(2,3)22-15(19)18-8-5-12(6-9-18)17-13-7-10-21-11-14(13)20-4/h12-14,17H,5-11H2,1-4H3. The monoisotopic (exact) mass is 314 g/mol. The molecule has 0 aromatic rings. The average molecular weight is 314 g/mol. The molecule has 6 nitrogen and oxygen atoms in total. The average Bonchev–Trinajstić information content (AvgIpc) is 2.47. The van der Waals surface area contributed by atoms with Crippen molar-refractivity contribution in [3.8, 4) is 0 Å². The van der Waals surface area contributed by atoms with Crippen LogP contribution in [0.5, 0.6) is 0 Å². The first-order valence-corrected chi connectivity index (χ1v) is 8.23. The number of hydrogen-bond acceptors (Lipinski definition) is 5. The first-order valence-electron chi connectivity index (χ1n) is 8.23. The van der Waals surface area contributed by atoms with Gasteiger partial charge in [0.1, 0.15) is 5.60 Å². The van der Waals surface area contributed by atoms with Crippen LogP contribution in [0.2, 0.25) is 0 Å². The Balaban J connectivity index is 1.76. The molecule has 0 radical (unpaired) electrons. The maximum Gasteiger partial charge on any atom is 0.410 e. The van der Waals surface area contributed by atoms with Gasteiger partial charge < -0.3 is 24.4 Å². The lowest BCUT2D eigenvalue weighted by Gasteiger charge is -2.38. The summed E-state index contributed by atoms with van der Waals surface area (Å²) in [5.74, 6) is 0. The summed E-state index contributed by atoms with van der Waals surface area (Å²) in [5, 5.41) is 3.68. The Bertz CT molecular complexity index is 362. The van der Waals surface area contributed by atoms with Crippen molar-refractivity contribution in [3.05, 3.63) is 0 Å². The lowest BCUT2D eigenvalue weighted by atomic mass is 10.00. The zero-order valence-corrected chi connectivity index (χ0v) is 14.3. The number of nitrogens with zero attached hydrogens (tertiary/aromatic N) is 1. The first-order chi connectivity index (χ1) is 10.4. The Morgan fingerprint density at radius 1 is 1.23 bits per heavy atom. The topological polar surface area (TPSA) is 60.0 Å². The summed E-state index contributed by atoms with van der Waals surface area (Å²) in [6.45, 7) is 8.62. The van der Waals surface area contributed by atoms with Crippen LogP contribution in [0.4, 0.5) is 4.79 Å². The molecular formula is C16H30N2O4. The normalized spacial score (nSPS) is 27.7.